The van der Waals surface area contributed by atoms with E-state index < -0.39 is 5.91 Å². The zero-order valence-electron chi connectivity index (χ0n) is 11.4. The molecule has 1 aromatic heterocycles. The lowest BCUT2D eigenvalue weighted by molar-refractivity contribution is 0.0952. The number of carbonyl (C=O) groups is 1. The summed E-state index contributed by atoms with van der Waals surface area (Å²) in [7, 11) is 1.91. The molecule has 0 radical (unpaired) electrons. The summed E-state index contributed by atoms with van der Waals surface area (Å²) in [5.74, 6) is -0.614. The number of halogens is 2. The van der Waals surface area contributed by atoms with Gasteiger partial charge in [0, 0.05) is 17.2 Å². The van der Waals surface area contributed by atoms with E-state index >= 15 is 0 Å². The Morgan fingerprint density at radius 1 is 1.38 bits per heavy atom. The summed E-state index contributed by atoms with van der Waals surface area (Å²) in [6.45, 7) is 1.98. The lowest BCUT2D eigenvalue weighted by Crippen LogP contribution is -2.18. The van der Waals surface area contributed by atoms with Gasteiger partial charge in [-0.1, -0.05) is 15.9 Å². The van der Waals surface area contributed by atoms with Crippen molar-refractivity contribution in [2.75, 3.05) is 0 Å². The van der Waals surface area contributed by atoms with E-state index in [-0.39, 0.29) is 11.3 Å². The fourth-order valence-corrected chi connectivity index (χ4v) is 2.94. The smallest absolute Gasteiger partial charge is 0.275 e. The second-order valence-electron chi connectivity index (χ2n) is 4.44. The summed E-state index contributed by atoms with van der Waals surface area (Å²) in [5, 5.41) is 13.8. The molecule has 0 aliphatic rings. The number of aromatic nitrogens is 1. The van der Waals surface area contributed by atoms with E-state index in [9.17, 15) is 9.90 Å². The van der Waals surface area contributed by atoms with Crippen molar-refractivity contribution in [2.45, 2.75) is 6.92 Å². The number of hydrazone groups is 1. The lowest BCUT2D eigenvalue weighted by Gasteiger charge is -2.06. The van der Waals surface area contributed by atoms with Gasteiger partial charge in [-0.3, -0.25) is 4.79 Å². The van der Waals surface area contributed by atoms with Crippen LogP contribution in [-0.4, -0.2) is 21.8 Å². The first-order valence-corrected chi connectivity index (χ1v) is 7.62. The van der Waals surface area contributed by atoms with Crippen LogP contribution in [0.25, 0.3) is 0 Å². The number of nitrogens with one attached hydrogen (secondary N) is 1. The number of hydrogen-bond acceptors (Lipinski definition) is 3. The van der Waals surface area contributed by atoms with Gasteiger partial charge < -0.3 is 9.67 Å². The minimum absolute atomic E-state index is 0.124. The van der Waals surface area contributed by atoms with Crippen molar-refractivity contribution >= 4 is 44.0 Å². The number of phenols is 1. The SMILES string of the molecule is Cc1ccc(/C=N/NC(=O)c2cc(Br)cc(Br)c2O)n1C. The predicted molar refractivity (Wildman–Crippen MR) is 88.7 cm³/mol. The molecular weight excluding hydrogens is 402 g/mol. The maximum atomic E-state index is 12.0. The number of benzene rings is 1. The highest BCUT2D eigenvalue weighted by Gasteiger charge is 2.14. The molecule has 2 aromatic rings. The number of carbonyl (C=O) groups excluding carboxylic acids is 1. The Labute approximate surface area is 138 Å². The van der Waals surface area contributed by atoms with Gasteiger partial charge >= 0.3 is 0 Å². The van der Waals surface area contributed by atoms with Crippen LogP contribution in [0, 0.1) is 6.92 Å². The largest absolute Gasteiger partial charge is 0.506 e. The van der Waals surface area contributed by atoms with Crippen LogP contribution >= 0.6 is 31.9 Å². The molecule has 0 unspecified atom stereocenters. The first-order valence-electron chi connectivity index (χ1n) is 6.04. The van der Waals surface area contributed by atoms with E-state index in [1.54, 1.807) is 12.3 Å². The highest BCUT2D eigenvalue weighted by atomic mass is 79.9. The van der Waals surface area contributed by atoms with Gasteiger partial charge in [0.1, 0.15) is 5.75 Å². The van der Waals surface area contributed by atoms with Crippen LogP contribution in [0.3, 0.4) is 0 Å². The van der Waals surface area contributed by atoms with Crippen molar-refractivity contribution in [3.63, 3.8) is 0 Å². The number of amides is 1. The quantitative estimate of drug-likeness (QED) is 0.597. The number of hydrogen-bond donors (Lipinski definition) is 2. The highest BCUT2D eigenvalue weighted by Crippen LogP contribution is 2.31. The van der Waals surface area contributed by atoms with Gasteiger partial charge in [0.2, 0.25) is 0 Å². The molecule has 110 valence electrons. The third kappa shape index (κ3) is 3.54. The second kappa shape index (κ2) is 6.44. The van der Waals surface area contributed by atoms with Gasteiger partial charge in [-0.05, 0) is 47.1 Å². The Hall–Kier alpha value is -1.60. The van der Waals surface area contributed by atoms with Crippen molar-refractivity contribution in [3.8, 4) is 5.75 Å². The first kappa shape index (κ1) is 15.8. The molecule has 1 amide bonds. The summed E-state index contributed by atoms with van der Waals surface area (Å²) in [5.41, 5.74) is 4.49. The summed E-state index contributed by atoms with van der Waals surface area (Å²) < 4.78 is 3.06. The normalized spacial score (nSPS) is 11.0. The molecule has 0 bridgehead atoms. The molecule has 21 heavy (non-hydrogen) atoms. The summed E-state index contributed by atoms with van der Waals surface area (Å²) >= 11 is 6.45. The molecule has 5 nitrogen and oxygen atoms in total. The van der Waals surface area contributed by atoms with E-state index in [1.165, 1.54) is 6.07 Å². The van der Waals surface area contributed by atoms with Crippen molar-refractivity contribution in [2.24, 2.45) is 12.1 Å². The minimum Gasteiger partial charge on any atom is -0.506 e. The highest BCUT2D eigenvalue weighted by molar-refractivity contribution is 9.11. The lowest BCUT2D eigenvalue weighted by atomic mass is 10.2. The van der Waals surface area contributed by atoms with Gasteiger partial charge in [-0.25, -0.2) is 5.43 Å². The molecule has 0 saturated carbocycles. The zero-order valence-corrected chi connectivity index (χ0v) is 14.6. The van der Waals surface area contributed by atoms with Crippen molar-refractivity contribution in [3.05, 3.63) is 50.2 Å². The van der Waals surface area contributed by atoms with E-state index in [4.69, 9.17) is 0 Å². The molecule has 0 spiro atoms. The van der Waals surface area contributed by atoms with Crippen LogP contribution in [0.2, 0.25) is 0 Å². The standard InChI is InChI=1S/C14H13Br2N3O2/c1-8-3-4-10(19(8)2)7-17-18-14(21)11-5-9(15)6-12(16)13(11)20/h3-7,20H,1-2H3,(H,18,21)/b17-7+. The summed E-state index contributed by atoms with van der Waals surface area (Å²) in [6.07, 6.45) is 1.55. The van der Waals surface area contributed by atoms with Crippen LogP contribution in [0.4, 0.5) is 0 Å². The molecule has 0 aliphatic heterocycles. The third-order valence-corrected chi connectivity index (χ3v) is 4.11. The Bertz CT molecular complexity index is 723. The third-order valence-electron chi connectivity index (χ3n) is 3.05. The number of nitrogens with zero attached hydrogens (tertiary/aromatic N) is 2. The van der Waals surface area contributed by atoms with Crippen LogP contribution in [-0.2, 0) is 7.05 Å². The van der Waals surface area contributed by atoms with E-state index in [1.807, 2.05) is 30.7 Å². The first-order chi connectivity index (χ1) is 9.90. The molecule has 1 aromatic carbocycles. The van der Waals surface area contributed by atoms with Gasteiger partial charge in [0.15, 0.2) is 0 Å². The van der Waals surface area contributed by atoms with Crippen molar-refractivity contribution in [1.82, 2.24) is 9.99 Å². The van der Waals surface area contributed by atoms with Gasteiger partial charge in [-0.15, -0.1) is 0 Å². The van der Waals surface area contributed by atoms with Crippen LogP contribution < -0.4 is 5.43 Å². The maximum absolute atomic E-state index is 12.0. The minimum atomic E-state index is -0.489. The number of phenolic OH excluding ortho intramolecular Hbond substituents is 1. The summed E-state index contributed by atoms with van der Waals surface area (Å²) in [4.78, 5) is 12.0. The second-order valence-corrected chi connectivity index (χ2v) is 6.21. The molecule has 0 fully saturated rings. The van der Waals surface area contributed by atoms with E-state index in [0.717, 1.165) is 11.4 Å². The van der Waals surface area contributed by atoms with Crippen LogP contribution in [0.15, 0.2) is 38.3 Å². The molecule has 1 heterocycles. The van der Waals surface area contributed by atoms with Gasteiger partial charge in [0.05, 0.1) is 21.9 Å². The van der Waals surface area contributed by atoms with Gasteiger partial charge in [-0.2, -0.15) is 5.10 Å². The fourth-order valence-electron chi connectivity index (χ4n) is 1.72. The van der Waals surface area contributed by atoms with Crippen molar-refractivity contribution in [1.29, 1.82) is 0 Å². The van der Waals surface area contributed by atoms with Gasteiger partial charge in [0.25, 0.3) is 5.91 Å². The zero-order chi connectivity index (χ0) is 15.6. The molecule has 2 N–H and O–H groups in total. The average Bonchev–Trinajstić information content (AvgIpc) is 2.74. The molecule has 0 saturated heterocycles. The Kier molecular flexibility index (Phi) is 4.84. The molecule has 0 atom stereocenters. The number of aromatic hydroxyl groups is 1. The Morgan fingerprint density at radius 3 is 2.71 bits per heavy atom. The summed E-state index contributed by atoms with van der Waals surface area (Å²) in [6, 6.07) is 7.04. The van der Waals surface area contributed by atoms with E-state index in [2.05, 4.69) is 42.4 Å². The monoisotopic (exact) mass is 413 g/mol. The average molecular weight is 415 g/mol. The number of rotatable bonds is 3. The Balaban J connectivity index is 2.14. The maximum Gasteiger partial charge on any atom is 0.275 e. The fraction of sp³-hybridized carbons (Fsp3) is 0.143. The number of aryl methyl sites for hydroxylation is 1. The van der Waals surface area contributed by atoms with Crippen LogP contribution in [0.5, 0.6) is 5.75 Å². The molecular formula is C14H13Br2N3O2. The topological polar surface area (TPSA) is 66.6 Å². The molecule has 7 heteroatoms. The predicted octanol–water partition coefficient (Wildman–Crippen LogP) is 3.33. The van der Waals surface area contributed by atoms with Crippen LogP contribution in [0.1, 0.15) is 21.7 Å². The van der Waals surface area contributed by atoms with E-state index in [0.29, 0.717) is 8.95 Å². The van der Waals surface area contributed by atoms with Crippen molar-refractivity contribution < 1.29 is 9.90 Å². The molecule has 0 aliphatic carbocycles. The molecule has 2 rings (SSSR count). The Morgan fingerprint density at radius 2 is 2.10 bits per heavy atom.